The van der Waals surface area contributed by atoms with Gasteiger partial charge in [-0.25, -0.2) is 0 Å². The van der Waals surface area contributed by atoms with E-state index in [4.69, 9.17) is 4.42 Å². The standard InChI is InChI=1S/C12H17N3O3/c1-2-3-10(14-8-6-13-7-9-14)11-4-5-12(18-11)15(16)17/h2,4-5,10,13H,1,3,6-9H2/t10-/m0/s1. The second-order valence-electron chi connectivity index (χ2n) is 4.26. The van der Waals surface area contributed by atoms with Crippen molar-refractivity contribution in [2.45, 2.75) is 12.5 Å². The lowest BCUT2D eigenvalue weighted by Gasteiger charge is -2.33. The van der Waals surface area contributed by atoms with Crippen LogP contribution in [0.2, 0.25) is 0 Å². The second kappa shape index (κ2) is 5.79. The summed E-state index contributed by atoms with van der Waals surface area (Å²) >= 11 is 0. The van der Waals surface area contributed by atoms with Crippen molar-refractivity contribution in [2.75, 3.05) is 26.2 Å². The molecule has 0 aliphatic carbocycles. The molecule has 0 amide bonds. The Hall–Kier alpha value is -1.66. The van der Waals surface area contributed by atoms with E-state index in [0.717, 1.165) is 32.6 Å². The Morgan fingerprint density at radius 3 is 2.83 bits per heavy atom. The molecule has 6 nitrogen and oxygen atoms in total. The van der Waals surface area contributed by atoms with Crippen LogP contribution in [0.25, 0.3) is 0 Å². The lowest BCUT2D eigenvalue weighted by Crippen LogP contribution is -2.45. The first-order chi connectivity index (χ1) is 8.72. The Labute approximate surface area is 105 Å². The molecular weight excluding hydrogens is 234 g/mol. The number of furan rings is 1. The summed E-state index contributed by atoms with van der Waals surface area (Å²) < 4.78 is 5.30. The fraction of sp³-hybridized carbons (Fsp3) is 0.500. The fourth-order valence-electron chi connectivity index (χ4n) is 2.22. The number of hydrogen-bond acceptors (Lipinski definition) is 5. The topological polar surface area (TPSA) is 71.5 Å². The van der Waals surface area contributed by atoms with Crippen LogP contribution in [0, 0.1) is 10.1 Å². The first-order valence-electron chi connectivity index (χ1n) is 6.02. The predicted octanol–water partition coefficient (Wildman–Crippen LogP) is 1.71. The summed E-state index contributed by atoms with van der Waals surface area (Å²) in [6.07, 6.45) is 2.55. The van der Waals surface area contributed by atoms with Crippen LogP contribution in [0.15, 0.2) is 29.2 Å². The molecule has 2 heterocycles. The van der Waals surface area contributed by atoms with Crippen molar-refractivity contribution in [3.05, 3.63) is 40.7 Å². The van der Waals surface area contributed by atoms with Crippen LogP contribution in [0.5, 0.6) is 0 Å². The van der Waals surface area contributed by atoms with Gasteiger partial charge in [-0.2, -0.15) is 0 Å². The van der Waals surface area contributed by atoms with Crippen molar-refractivity contribution in [3.63, 3.8) is 0 Å². The average molecular weight is 251 g/mol. The molecule has 1 fully saturated rings. The normalized spacial score (nSPS) is 18.4. The smallest absolute Gasteiger partial charge is 0.404 e. The van der Waals surface area contributed by atoms with Gasteiger partial charge in [0.25, 0.3) is 0 Å². The van der Waals surface area contributed by atoms with E-state index in [2.05, 4.69) is 16.8 Å². The summed E-state index contributed by atoms with van der Waals surface area (Å²) in [7, 11) is 0. The molecule has 1 aliphatic rings. The van der Waals surface area contributed by atoms with E-state index in [1.54, 1.807) is 6.07 Å². The van der Waals surface area contributed by atoms with Crippen LogP contribution in [0.3, 0.4) is 0 Å². The van der Waals surface area contributed by atoms with Crippen LogP contribution < -0.4 is 5.32 Å². The van der Waals surface area contributed by atoms with Gasteiger partial charge in [-0.1, -0.05) is 6.08 Å². The highest BCUT2D eigenvalue weighted by Crippen LogP contribution is 2.29. The minimum absolute atomic E-state index is 0.0401. The van der Waals surface area contributed by atoms with Crippen molar-refractivity contribution in [3.8, 4) is 0 Å². The van der Waals surface area contributed by atoms with Gasteiger partial charge in [0.15, 0.2) is 0 Å². The molecule has 6 heteroatoms. The van der Waals surface area contributed by atoms with E-state index < -0.39 is 4.92 Å². The van der Waals surface area contributed by atoms with Crippen molar-refractivity contribution >= 4 is 5.88 Å². The largest absolute Gasteiger partial charge is 0.433 e. The molecule has 0 bridgehead atoms. The van der Waals surface area contributed by atoms with E-state index in [9.17, 15) is 10.1 Å². The van der Waals surface area contributed by atoms with E-state index >= 15 is 0 Å². The second-order valence-corrected chi connectivity index (χ2v) is 4.26. The maximum absolute atomic E-state index is 10.6. The number of nitrogens with one attached hydrogen (secondary N) is 1. The van der Waals surface area contributed by atoms with Crippen molar-refractivity contribution in [1.82, 2.24) is 10.2 Å². The molecule has 1 atom stereocenters. The number of hydrogen-bond donors (Lipinski definition) is 1. The molecule has 1 saturated heterocycles. The van der Waals surface area contributed by atoms with Gasteiger partial charge in [0.05, 0.1) is 12.1 Å². The van der Waals surface area contributed by atoms with Crippen molar-refractivity contribution < 1.29 is 9.34 Å². The molecule has 98 valence electrons. The molecule has 0 aromatic carbocycles. The summed E-state index contributed by atoms with van der Waals surface area (Å²) in [5, 5.41) is 13.9. The highest BCUT2D eigenvalue weighted by Gasteiger charge is 2.25. The Morgan fingerprint density at radius 1 is 1.56 bits per heavy atom. The molecule has 1 aromatic rings. The summed E-state index contributed by atoms with van der Waals surface area (Å²) in [5.41, 5.74) is 0. The minimum atomic E-state index is -0.508. The highest BCUT2D eigenvalue weighted by atomic mass is 16.6. The maximum Gasteiger partial charge on any atom is 0.433 e. The first-order valence-corrected chi connectivity index (χ1v) is 6.02. The Morgan fingerprint density at radius 2 is 2.28 bits per heavy atom. The molecule has 1 aliphatic heterocycles. The molecule has 18 heavy (non-hydrogen) atoms. The summed E-state index contributed by atoms with van der Waals surface area (Å²) in [5.74, 6) is 0.442. The molecule has 1 aromatic heterocycles. The van der Waals surface area contributed by atoms with E-state index in [1.165, 1.54) is 6.07 Å². The zero-order valence-electron chi connectivity index (χ0n) is 10.2. The zero-order chi connectivity index (χ0) is 13.0. The maximum atomic E-state index is 10.6. The monoisotopic (exact) mass is 251 g/mol. The van der Waals surface area contributed by atoms with Crippen LogP contribution in [-0.2, 0) is 0 Å². The number of piperazine rings is 1. The minimum Gasteiger partial charge on any atom is -0.404 e. The van der Waals surface area contributed by atoms with Gasteiger partial charge in [0.1, 0.15) is 10.7 Å². The zero-order valence-corrected chi connectivity index (χ0v) is 10.2. The molecule has 0 spiro atoms. The molecule has 0 unspecified atom stereocenters. The van der Waals surface area contributed by atoms with Crippen LogP contribution in [0.4, 0.5) is 5.88 Å². The third-order valence-corrected chi connectivity index (χ3v) is 3.10. The lowest BCUT2D eigenvalue weighted by molar-refractivity contribution is -0.402. The molecule has 1 N–H and O–H groups in total. The molecule has 0 saturated carbocycles. The number of nitro groups is 1. The first kappa shape index (κ1) is 12.8. The molecular formula is C12H17N3O3. The average Bonchev–Trinajstić information content (AvgIpc) is 2.86. The predicted molar refractivity (Wildman–Crippen MR) is 67.4 cm³/mol. The van der Waals surface area contributed by atoms with Gasteiger partial charge < -0.3 is 9.73 Å². The summed E-state index contributed by atoms with van der Waals surface area (Å²) in [4.78, 5) is 12.4. The van der Waals surface area contributed by atoms with Crippen LogP contribution >= 0.6 is 0 Å². The van der Waals surface area contributed by atoms with Crippen molar-refractivity contribution in [1.29, 1.82) is 0 Å². The summed E-state index contributed by atoms with van der Waals surface area (Å²) in [6.45, 7) is 7.42. The molecule has 2 rings (SSSR count). The number of rotatable bonds is 5. The highest BCUT2D eigenvalue weighted by molar-refractivity contribution is 5.20. The van der Waals surface area contributed by atoms with Crippen LogP contribution in [0.1, 0.15) is 18.2 Å². The quantitative estimate of drug-likeness (QED) is 0.490. The third-order valence-electron chi connectivity index (χ3n) is 3.10. The Kier molecular flexibility index (Phi) is 4.11. The van der Waals surface area contributed by atoms with E-state index in [1.807, 2.05) is 6.08 Å². The lowest BCUT2D eigenvalue weighted by atomic mass is 10.1. The van der Waals surface area contributed by atoms with Crippen molar-refractivity contribution in [2.24, 2.45) is 0 Å². The molecule has 0 radical (unpaired) electrons. The van der Waals surface area contributed by atoms with E-state index in [0.29, 0.717) is 5.76 Å². The van der Waals surface area contributed by atoms with E-state index in [-0.39, 0.29) is 11.9 Å². The van der Waals surface area contributed by atoms with Gasteiger partial charge in [-0.05, 0) is 12.5 Å². The number of nitrogens with zero attached hydrogens (tertiary/aromatic N) is 2. The third kappa shape index (κ3) is 2.77. The Balaban J connectivity index is 2.16. The fourth-order valence-corrected chi connectivity index (χ4v) is 2.22. The Bertz CT molecular complexity index is 424. The van der Waals surface area contributed by atoms with Gasteiger partial charge >= 0.3 is 5.88 Å². The SMILES string of the molecule is C=CC[C@@H](c1ccc([N+](=O)[O-])o1)N1CCNCC1. The summed E-state index contributed by atoms with van der Waals surface area (Å²) in [6, 6.07) is 3.14. The van der Waals surface area contributed by atoms with Gasteiger partial charge in [-0.3, -0.25) is 15.0 Å². The van der Waals surface area contributed by atoms with Crippen LogP contribution in [-0.4, -0.2) is 36.0 Å². The van der Waals surface area contributed by atoms with Gasteiger partial charge in [-0.15, -0.1) is 6.58 Å². The van der Waals surface area contributed by atoms with Gasteiger partial charge in [0, 0.05) is 26.2 Å². The van der Waals surface area contributed by atoms with Gasteiger partial charge in [0.2, 0.25) is 0 Å².